The largest absolute Gasteiger partial charge is 0.481 e. The lowest BCUT2D eigenvalue weighted by atomic mass is 10.1. The van der Waals surface area contributed by atoms with Gasteiger partial charge in [-0.25, -0.2) is 28.4 Å². The maximum Gasteiger partial charge on any atom is 0.226 e. The lowest BCUT2D eigenvalue weighted by Gasteiger charge is -2.28. The highest BCUT2D eigenvalue weighted by molar-refractivity contribution is 7.89. The van der Waals surface area contributed by atoms with Crippen LogP contribution in [0, 0.1) is 6.92 Å². The number of piperidine rings is 1. The average molecular weight is 568 g/mol. The normalized spacial score (nSPS) is 16.5. The van der Waals surface area contributed by atoms with Crippen molar-refractivity contribution in [2.75, 3.05) is 37.9 Å². The van der Waals surface area contributed by atoms with Gasteiger partial charge in [0.15, 0.2) is 9.84 Å². The molecule has 4 aromatic heterocycles. The Bertz CT molecular complexity index is 1620. The zero-order valence-corrected chi connectivity index (χ0v) is 24.2. The summed E-state index contributed by atoms with van der Waals surface area (Å²) in [5.74, 6) is 1.98. The van der Waals surface area contributed by atoms with E-state index in [1.54, 1.807) is 17.5 Å². The molecule has 0 aromatic carbocycles. The monoisotopic (exact) mass is 567 g/mol. The number of ether oxygens (including phenoxy) is 1. The Morgan fingerprint density at radius 2 is 1.90 bits per heavy atom. The number of anilines is 1. The summed E-state index contributed by atoms with van der Waals surface area (Å²) in [6.45, 7) is 7.48. The van der Waals surface area contributed by atoms with Gasteiger partial charge >= 0.3 is 0 Å². The fraction of sp³-hybridized carbons (Fsp3) is 0.481. The first-order valence-corrected chi connectivity index (χ1v) is 16.1. The number of imidazole rings is 1. The van der Waals surface area contributed by atoms with Crippen molar-refractivity contribution in [3.63, 3.8) is 0 Å². The first-order valence-electron chi connectivity index (χ1n) is 13.3. The number of hydrogen-bond donors (Lipinski definition) is 0. The van der Waals surface area contributed by atoms with Crippen molar-refractivity contribution in [3.8, 4) is 17.1 Å². The van der Waals surface area contributed by atoms with Gasteiger partial charge in [-0.2, -0.15) is 0 Å². The topological polar surface area (TPSA) is 106 Å². The Morgan fingerprint density at radius 3 is 2.67 bits per heavy atom. The summed E-state index contributed by atoms with van der Waals surface area (Å²) < 4.78 is 32.9. The van der Waals surface area contributed by atoms with Gasteiger partial charge in [0, 0.05) is 79.1 Å². The van der Waals surface area contributed by atoms with Crippen molar-refractivity contribution < 1.29 is 13.2 Å². The van der Waals surface area contributed by atoms with Gasteiger partial charge in [-0.15, -0.1) is 11.3 Å². The molecule has 0 saturated carbocycles. The molecular weight excluding hydrogens is 534 g/mol. The Hall–Kier alpha value is -3.09. The molecule has 1 saturated heterocycles. The number of aromatic nitrogens is 5. The zero-order valence-electron chi connectivity index (χ0n) is 22.6. The Kier molecular flexibility index (Phi) is 7.02. The number of pyridine rings is 1. The van der Waals surface area contributed by atoms with E-state index in [-0.39, 0.29) is 5.75 Å². The third-order valence-corrected chi connectivity index (χ3v) is 9.45. The summed E-state index contributed by atoms with van der Waals surface area (Å²) in [5.41, 5.74) is 4.28. The van der Waals surface area contributed by atoms with Gasteiger partial charge < -0.3 is 14.2 Å². The van der Waals surface area contributed by atoms with Crippen LogP contribution < -0.4 is 9.64 Å². The minimum atomic E-state index is -3.28. The van der Waals surface area contributed by atoms with Crippen molar-refractivity contribution in [1.29, 1.82) is 0 Å². The minimum Gasteiger partial charge on any atom is -0.481 e. The first-order chi connectivity index (χ1) is 18.8. The molecule has 0 radical (unpaired) electrons. The molecule has 0 spiro atoms. The highest BCUT2D eigenvalue weighted by atomic mass is 32.2. The predicted octanol–water partition coefficient (Wildman–Crippen LogP) is 3.82. The number of thiophene rings is 1. The Morgan fingerprint density at radius 1 is 1.08 bits per heavy atom. The summed E-state index contributed by atoms with van der Waals surface area (Å²) in [5, 5.41) is 0. The van der Waals surface area contributed by atoms with E-state index >= 15 is 0 Å². The van der Waals surface area contributed by atoms with Crippen LogP contribution in [0.25, 0.3) is 21.5 Å². The highest BCUT2D eigenvalue weighted by Crippen LogP contribution is 2.39. The SMILES string of the molecule is COc1ncc(-c2nc(N3CCCCC3)nc3c(CN4CCn5ccnc5C4)c(C)sc23)cc1CS(C)(=O)=O. The highest BCUT2D eigenvalue weighted by Gasteiger charge is 2.25. The second-order valence-corrected chi connectivity index (χ2v) is 13.8. The van der Waals surface area contributed by atoms with E-state index in [1.165, 1.54) is 30.2 Å². The Labute approximate surface area is 232 Å². The predicted molar refractivity (Wildman–Crippen MR) is 153 cm³/mol. The van der Waals surface area contributed by atoms with E-state index in [4.69, 9.17) is 14.7 Å². The van der Waals surface area contributed by atoms with E-state index in [0.717, 1.165) is 85.4 Å². The third kappa shape index (κ3) is 5.37. The third-order valence-electron chi connectivity index (χ3n) is 7.47. The number of aryl methyl sites for hydroxylation is 1. The molecule has 1 fully saturated rings. The number of sulfone groups is 1. The summed E-state index contributed by atoms with van der Waals surface area (Å²) >= 11 is 1.69. The van der Waals surface area contributed by atoms with Crippen molar-refractivity contribution in [2.24, 2.45) is 0 Å². The van der Waals surface area contributed by atoms with E-state index < -0.39 is 9.84 Å². The van der Waals surface area contributed by atoms with Gasteiger partial charge in [-0.05, 0) is 32.3 Å². The zero-order chi connectivity index (χ0) is 27.1. The van der Waals surface area contributed by atoms with Crippen LogP contribution >= 0.6 is 11.3 Å². The van der Waals surface area contributed by atoms with Crippen LogP contribution in [0.1, 0.15) is 41.1 Å². The molecular formula is C27H33N7O3S2. The van der Waals surface area contributed by atoms with Crippen molar-refractivity contribution in [2.45, 2.75) is 51.6 Å². The standard InChI is InChI=1S/C27H33N7O3S2/c1-18-21(15-32-11-12-33-10-7-28-22(33)16-32)24-25(38-18)23(30-27(31-24)34-8-5-4-6-9-34)19-13-20(17-39(3,35)36)26(37-2)29-14-19/h7,10,13-14H,4-6,8-9,11-12,15-17H2,1-3H3. The van der Waals surface area contributed by atoms with Crippen LogP contribution in [0.5, 0.6) is 5.88 Å². The second-order valence-electron chi connectivity index (χ2n) is 10.4. The minimum absolute atomic E-state index is 0.149. The number of fused-ring (bicyclic) bond motifs is 2. The van der Waals surface area contributed by atoms with Gasteiger partial charge in [-0.1, -0.05) is 0 Å². The first kappa shape index (κ1) is 26.1. The second kappa shape index (κ2) is 10.5. The molecule has 39 heavy (non-hydrogen) atoms. The number of nitrogens with zero attached hydrogens (tertiary/aromatic N) is 7. The van der Waals surface area contributed by atoms with Gasteiger partial charge in [0.1, 0.15) is 5.82 Å². The van der Waals surface area contributed by atoms with E-state index in [2.05, 4.69) is 31.3 Å². The molecule has 10 nitrogen and oxygen atoms in total. The fourth-order valence-corrected chi connectivity index (χ4v) is 7.41. The van der Waals surface area contributed by atoms with Crippen molar-refractivity contribution in [1.82, 2.24) is 29.4 Å². The van der Waals surface area contributed by atoms with E-state index in [1.807, 2.05) is 18.5 Å². The lowest BCUT2D eigenvalue weighted by molar-refractivity contribution is 0.209. The van der Waals surface area contributed by atoms with Crippen LogP contribution in [0.4, 0.5) is 5.95 Å². The van der Waals surface area contributed by atoms with Crippen molar-refractivity contribution >= 4 is 37.3 Å². The van der Waals surface area contributed by atoms with Gasteiger partial charge in [0.25, 0.3) is 0 Å². The van der Waals surface area contributed by atoms with E-state index in [9.17, 15) is 8.42 Å². The van der Waals surface area contributed by atoms with Crippen LogP contribution in [0.15, 0.2) is 24.7 Å². The maximum absolute atomic E-state index is 12.2. The maximum atomic E-state index is 12.2. The molecule has 6 rings (SSSR count). The van der Waals surface area contributed by atoms with Crippen LogP contribution in [0.2, 0.25) is 0 Å². The molecule has 0 bridgehead atoms. The summed E-state index contributed by atoms with van der Waals surface area (Å²) in [6.07, 6.45) is 10.3. The van der Waals surface area contributed by atoms with E-state index in [0.29, 0.717) is 11.4 Å². The summed E-state index contributed by atoms with van der Waals surface area (Å²) in [6, 6.07) is 1.85. The number of rotatable bonds is 7. The van der Waals surface area contributed by atoms with Crippen LogP contribution in [-0.4, -0.2) is 70.8 Å². The van der Waals surface area contributed by atoms with Crippen LogP contribution in [0.3, 0.4) is 0 Å². The molecule has 0 atom stereocenters. The van der Waals surface area contributed by atoms with Crippen LogP contribution in [-0.2, 0) is 35.2 Å². The van der Waals surface area contributed by atoms with Crippen molar-refractivity contribution in [3.05, 3.63) is 46.5 Å². The molecule has 0 amide bonds. The van der Waals surface area contributed by atoms with Gasteiger partial charge in [0.2, 0.25) is 11.8 Å². The Balaban J connectivity index is 1.46. The molecule has 0 aliphatic carbocycles. The summed E-state index contributed by atoms with van der Waals surface area (Å²) in [7, 11) is -1.78. The number of hydrogen-bond acceptors (Lipinski definition) is 10. The summed E-state index contributed by atoms with van der Waals surface area (Å²) in [4.78, 5) is 25.2. The molecule has 2 aliphatic heterocycles. The molecule has 4 aromatic rings. The molecule has 6 heterocycles. The number of methoxy groups -OCH3 is 1. The van der Waals surface area contributed by atoms with Gasteiger partial charge in [0.05, 0.1) is 35.3 Å². The molecule has 0 unspecified atom stereocenters. The quantitative estimate of drug-likeness (QED) is 0.329. The molecule has 0 N–H and O–H groups in total. The molecule has 206 valence electrons. The fourth-order valence-electron chi connectivity index (χ4n) is 5.52. The van der Waals surface area contributed by atoms with Gasteiger partial charge in [-0.3, -0.25) is 4.90 Å². The average Bonchev–Trinajstić information content (AvgIpc) is 3.51. The smallest absolute Gasteiger partial charge is 0.226 e. The molecule has 2 aliphatic rings. The molecule has 12 heteroatoms. The lowest BCUT2D eigenvalue weighted by Crippen LogP contribution is -2.33.